The lowest BCUT2D eigenvalue weighted by Gasteiger charge is -2.22. The van der Waals surface area contributed by atoms with Crippen LogP contribution < -0.4 is 9.47 Å². The highest BCUT2D eigenvalue weighted by Crippen LogP contribution is 2.37. The quantitative estimate of drug-likeness (QED) is 0.669. The number of para-hydroxylation sites is 1. The number of benzene rings is 1. The molecule has 0 N–H and O–H groups in total. The summed E-state index contributed by atoms with van der Waals surface area (Å²) in [6.45, 7) is 5.60. The molecule has 4 rings (SSSR count). The van der Waals surface area contributed by atoms with Crippen molar-refractivity contribution < 1.29 is 9.47 Å². The Morgan fingerprint density at radius 3 is 3.04 bits per heavy atom. The van der Waals surface area contributed by atoms with E-state index < -0.39 is 0 Å². The molecule has 1 aromatic carbocycles. The Morgan fingerprint density at radius 2 is 2.22 bits per heavy atom. The highest BCUT2D eigenvalue weighted by Gasteiger charge is 2.23. The zero-order chi connectivity index (χ0) is 18.8. The van der Waals surface area contributed by atoms with Gasteiger partial charge in [0.1, 0.15) is 18.8 Å². The molecule has 0 spiro atoms. The SMILES string of the molecule is CCCn1cnnc1[C@@H](C)n1ccnc1C1=Cc2cccc(OC)c2OC1. The predicted octanol–water partition coefficient (Wildman–Crippen LogP) is 3.44. The molecule has 2 aromatic heterocycles. The zero-order valence-corrected chi connectivity index (χ0v) is 15.8. The smallest absolute Gasteiger partial charge is 0.168 e. The lowest BCUT2D eigenvalue weighted by atomic mass is 10.1. The summed E-state index contributed by atoms with van der Waals surface area (Å²) in [6, 6.07) is 5.90. The van der Waals surface area contributed by atoms with Gasteiger partial charge >= 0.3 is 0 Å². The van der Waals surface area contributed by atoms with Crippen LogP contribution in [0.3, 0.4) is 0 Å². The number of rotatable bonds is 6. The van der Waals surface area contributed by atoms with E-state index in [4.69, 9.17) is 9.47 Å². The molecule has 7 nitrogen and oxygen atoms in total. The molecule has 0 aliphatic carbocycles. The van der Waals surface area contributed by atoms with Gasteiger partial charge in [-0.15, -0.1) is 10.2 Å². The van der Waals surface area contributed by atoms with Gasteiger partial charge in [0.25, 0.3) is 0 Å². The Kier molecular flexibility index (Phi) is 4.66. The fourth-order valence-electron chi connectivity index (χ4n) is 3.47. The highest BCUT2D eigenvalue weighted by atomic mass is 16.5. The largest absolute Gasteiger partial charge is 0.493 e. The molecule has 0 unspecified atom stereocenters. The molecule has 0 amide bonds. The number of aromatic nitrogens is 5. The van der Waals surface area contributed by atoms with Crippen molar-refractivity contribution in [3.63, 3.8) is 0 Å². The third kappa shape index (κ3) is 3.09. The molecule has 1 aliphatic rings. The second-order valence-corrected chi connectivity index (χ2v) is 6.55. The molecule has 0 saturated heterocycles. The van der Waals surface area contributed by atoms with E-state index in [1.54, 1.807) is 13.4 Å². The number of hydrogen-bond acceptors (Lipinski definition) is 5. The molecule has 27 heavy (non-hydrogen) atoms. The third-order valence-electron chi connectivity index (χ3n) is 4.79. The fourth-order valence-corrected chi connectivity index (χ4v) is 3.47. The molecule has 1 aliphatic heterocycles. The maximum absolute atomic E-state index is 5.99. The summed E-state index contributed by atoms with van der Waals surface area (Å²) in [5.41, 5.74) is 2.01. The first-order valence-electron chi connectivity index (χ1n) is 9.14. The van der Waals surface area contributed by atoms with Crippen LogP contribution in [0.2, 0.25) is 0 Å². The van der Waals surface area contributed by atoms with Crippen molar-refractivity contribution in [3.05, 3.63) is 54.1 Å². The van der Waals surface area contributed by atoms with E-state index in [1.165, 1.54) is 0 Å². The van der Waals surface area contributed by atoms with Gasteiger partial charge in [-0.2, -0.15) is 0 Å². The van der Waals surface area contributed by atoms with E-state index in [2.05, 4.69) is 44.2 Å². The van der Waals surface area contributed by atoms with Crippen LogP contribution in [-0.2, 0) is 6.54 Å². The van der Waals surface area contributed by atoms with Crippen LogP contribution in [0.25, 0.3) is 11.6 Å². The van der Waals surface area contributed by atoms with Gasteiger partial charge in [-0.05, 0) is 25.5 Å². The number of hydrogen-bond donors (Lipinski definition) is 0. The average Bonchev–Trinajstić information content (AvgIpc) is 3.36. The van der Waals surface area contributed by atoms with Crippen LogP contribution in [0.1, 0.15) is 43.5 Å². The van der Waals surface area contributed by atoms with E-state index >= 15 is 0 Å². The van der Waals surface area contributed by atoms with E-state index in [-0.39, 0.29) is 6.04 Å². The molecule has 0 fully saturated rings. The second kappa shape index (κ2) is 7.26. The van der Waals surface area contributed by atoms with Crippen molar-refractivity contribution in [1.82, 2.24) is 24.3 Å². The predicted molar refractivity (Wildman–Crippen MR) is 103 cm³/mol. The lowest BCUT2D eigenvalue weighted by molar-refractivity contribution is 0.326. The number of imidazole rings is 1. The van der Waals surface area contributed by atoms with E-state index in [0.29, 0.717) is 6.61 Å². The van der Waals surface area contributed by atoms with Crippen LogP contribution in [0.15, 0.2) is 36.9 Å². The molecular weight excluding hydrogens is 342 g/mol. The van der Waals surface area contributed by atoms with Crippen LogP contribution in [-0.4, -0.2) is 38.0 Å². The Morgan fingerprint density at radius 1 is 1.33 bits per heavy atom. The van der Waals surface area contributed by atoms with Gasteiger partial charge in [-0.3, -0.25) is 0 Å². The first kappa shape index (κ1) is 17.3. The Labute approximate surface area is 158 Å². The van der Waals surface area contributed by atoms with Gasteiger partial charge in [-0.25, -0.2) is 4.98 Å². The second-order valence-electron chi connectivity index (χ2n) is 6.55. The standard InChI is InChI=1S/C20H23N5O2/c1-4-9-24-13-22-23-19(24)14(2)25-10-8-21-20(25)16-11-15-6-5-7-17(26-3)18(15)27-12-16/h5-8,10-11,13-14H,4,9,12H2,1-3H3/t14-/m1/s1. The lowest BCUT2D eigenvalue weighted by Crippen LogP contribution is -2.17. The molecule has 3 heterocycles. The van der Waals surface area contributed by atoms with Crippen LogP contribution in [0, 0.1) is 0 Å². The van der Waals surface area contributed by atoms with Crippen molar-refractivity contribution in [3.8, 4) is 11.5 Å². The van der Waals surface area contributed by atoms with Gasteiger partial charge in [0, 0.05) is 30.1 Å². The third-order valence-corrected chi connectivity index (χ3v) is 4.79. The molecule has 0 radical (unpaired) electrons. The van der Waals surface area contributed by atoms with Gasteiger partial charge in [0.15, 0.2) is 17.3 Å². The minimum atomic E-state index is 0.0177. The summed E-state index contributed by atoms with van der Waals surface area (Å²) in [4.78, 5) is 4.59. The van der Waals surface area contributed by atoms with E-state index in [0.717, 1.165) is 47.2 Å². The van der Waals surface area contributed by atoms with Gasteiger partial charge in [0.2, 0.25) is 0 Å². The molecule has 3 aromatic rings. The Balaban J connectivity index is 1.70. The molecule has 0 bridgehead atoms. The maximum Gasteiger partial charge on any atom is 0.168 e. The van der Waals surface area contributed by atoms with E-state index in [9.17, 15) is 0 Å². The molecule has 140 valence electrons. The number of ether oxygens (including phenoxy) is 2. The number of aryl methyl sites for hydroxylation is 1. The van der Waals surface area contributed by atoms with Crippen molar-refractivity contribution >= 4 is 11.6 Å². The van der Waals surface area contributed by atoms with Crippen LogP contribution in [0.5, 0.6) is 11.5 Å². The zero-order valence-electron chi connectivity index (χ0n) is 15.8. The summed E-state index contributed by atoms with van der Waals surface area (Å²) in [5, 5.41) is 8.42. The van der Waals surface area contributed by atoms with Crippen molar-refractivity contribution in [1.29, 1.82) is 0 Å². The average molecular weight is 365 g/mol. The maximum atomic E-state index is 5.99. The number of nitrogens with zero attached hydrogens (tertiary/aromatic N) is 5. The van der Waals surface area contributed by atoms with Crippen LogP contribution >= 0.6 is 0 Å². The van der Waals surface area contributed by atoms with E-state index in [1.807, 2.05) is 30.6 Å². The summed E-state index contributed by atoms with van der Waals surface area (Å²) in [5.74, 6) is 3.32. The summed E-state index contributed by atoms with van der Waals surface area (Å²) < 4.78 is 15.6. The first-order chi connectivity index (χ1) is 13.2. The molecule has 1 atom stereocenters. The summed E-state index contributed by atoms with van der Waals surface area (Å²) in [7, 11) is 1.65. The van der Waals surface area contributed by atoms with Gasteiger partial charge in [-0.1, -0.05) is 19.1 Å². The van der Waals surface area contributed by atoms with Gasteiger partial charge in [0.05, 0.1) is 13.2 Å². The number of methoxy groups -OCH3 is 1. The Hall–Kier alpha value is -3.09. The molecule has 7 heteroatoms. The first-order valence-corrected chi connectivity index (χ1v) is 9.14. The summed E-state index contributed by atoms with van der Waals surface area (Å²) in [6.07, 6.45) is 8.73. The number of fused-ring (bicyclic) bond motifs is 1. The fraction of sp³-hybridized carbons (Fsp3) is 0.350. The van der Waals surface area contributed by atoms with Crippen molar-refractivity contribution in [2.75, 3.05) is 13.7 Å². The summed E-state index contributed by atoms with van der Waals surface area (Å²) >= 11 is 0. The van der Waals surface area contributed by atoms with Crippen molar-refractivity contribution in [2.24, 2.45) is 0 Å². The monoisotopic (exact) mass is 365 g/mol. The Bertz CT molecular complexity index is 972. The molecular formula is C20H23N5O2. The van der Waals surface area contributed by atoms with Crippen molar-refractivity contribution in [2.45, 2.75) is 32.9 Å². The highest BCUT2D eigenvalue weighted by molar-refractivity contribution is 5.84. The minimum Gasteiger partial charge on any atom is -0.493 e. The van der Waals surface area contributed by atoms with Crippen LogP contribution in [0.4, 0.5) is 0 Å². The van der Waals surface area contributed by atoms with Gasteiger partial charge < -0.3 is 18.6 Å². The normalized spacial score (nSPS) is 14.3. The molecule has 0 saturated carbocycles. The minimum absolute atomic E-state index is 0.0177. The topological polar surface area (TPSA) is 67.0 Å².